The van der Waals surface area contributed by atoms with Crippen molar-refractivity contribution in [3.05, 3.63) is 51.5 Å². The Hall–Kier alpha value is -3.24. The summed E-state index contributed by atoms with van der Waals surface area (Å²) in [6.45, 7) is 4.52. The molecule has 2 N–H and O–H groups in total. The van der Waals surface area contributed by atoms with E-state index in [9.17, 15) is 9.59 Å². The molecule has 1 fully saturated rings. The minimum Gasteiger partial charge on any atom is -0.368 e. The molecule has 0 spiro atoms. The van der Waals surface area contributed by atoms with Gasteiger partial charge in [-0.25, -0.2) is 4.98 Å². The first-order chi connectivity index (χ1) is 15.0. The van der Waals surface area contributed by atoms with Crippen LogP contribution in [0, 0.1) is 0 Å². The van der Waals surface area contributed by atoms with E-state index in [1.165, 1.54) is 4.88 Å². The number of nitrogens with one attached hydrogen (secondary N) is 2. The Bertz CT molecular complexity index is 1310. The number of H-pyrrole nitrogens is 1. The first-order valence-corrected chi connectivity index (χ1v) is 11.0. The van der Waals surface area contributed by atoms with E-state index in [1.54, 1.807) is 35.3 Å². The van der Waals surface area contributed by atoms with Crippen LogP contribution in [0.5, 0.6) is 0 Å². The Balaban J connectivity index is 1.27. The summed E-state index contributed by atoms with van der Waals surface area (Å²) in [7, 11) is 3.44. The Morgan fingerprint density at radius 1 is 1.26 bits per heavy atom. The van der Waals surface area contributed by atoms with Gasteiger partial charge in [0.2, 0.25) is 0 Å². The second kappa shape index (κ2) is 7.78. The summed E-state index contributed by atoms with van der Waals surface area (Å²) in [4.78, 5) is 37.1. The van der Waals surface area contributed by atoms with Gasteiger partial charge in [-0.1, -0.05) is 0 Å². The van der Waals surface area contributed by atoms with E-state index in [1.807, 2.05) is 19.3 Å². The number of nitrogens with zero attached hydrogens (tertiary/aromatic N) is 5. The first kappa shape index (κ1) is 19.7. The molecular formula is C21H23N7O2S. The number of carbonyl (C=O) groups is 1. The summed E-state index contributed by atoms with van der Waals surface area (Å²) >= 11 is 1.72. The third-order valence-corrected chi connectivity index (χ3v) is 6.80. The Morgan fingerprint density at radius 2 is 2.06 bits per heavy atom. The SMILES string of the molecule is CNC(=O)c1ccc(N2CCN(Cc3cc4[nH]c(=O)c5nn(C)cc5c4s3)CC2)cn1. The van der Waals surface area contributed by atoms with Crippen molar-refractivity contribution in [1.29, 1.82) is 0 Å². The quantitative estimate of drug-likeness (QED) is 0.503. The molecule has 0 aromatic carbocycles. The molecule has 1 aliphatic rings. The predicted octanol–water partition coefficient (Wildman–Crippen LogP) is 1.55. The van der Waals surface area contributed by atoms with Crippen LogP contribution in [0.15, 0.2) is 35.4 Å². The van der Waals surface area contributed by atoms with Crippen molar-refractivity contribution in [2.45, 2.75) is 6.54 Å². The van der Waals surface area contributed by atoms with E-state index in [-0.39, 0.29) is 11.5 Å². The van der Waals surface area contributed by atoms with Gasteiger partial charge < -0.3 is 15.2 Å². The van der Waals surface area contributed by atoms with E-state index >= 15 is 0 Å². The number of aromatic amines is 1. The van der Waals surface area contributed by atoms with Gasteiger partial charge in [0.1, 0.15) is 5.69 Å². The maximum atomic E-state index is 12.3. The topological polar surface area (TPSA) is 99.1 Å². The number of aromatic nitrogens is 4. The molecule has 4 aromatic rings. The summed E-state index contributed by atoms with van der Waals surface area (Å²) in [5.41, 5.74) is 2.69. The van der Waals surface area contributed by atoms with Crippen molar-refractivity contribution >= 4 is 44.1 Å². The van der Waals surface area contributed by atoms with Gasteiger partial charge in [-0.2, -0.15) is 5.10 Å². The zero-order valence-electron chi connectivity index (χ0n) is 17.4. The Kier molecular flexibility index (Phi) is 4.95. The van der Waals surface area contributed by atoms with Crippen molar-refractivity contribution in [2.75, 3.05) is 38.1 Å². The lowest BCUT2D eigenvalue weighted by Gasteiger charge is -2.35. The largest absolute Gasteiger partial charge is 0.368 e. The van der Waals surface area contributed by atoms with Crippen molar-refractivity contribution in [1.82, 2.24) is 30.0 Å². The summed E-state index contributed by atoms with van der Waals surface area (Å²) < 4.78 is 2.77. The molecule has 5 heterocycles. The molecule has 0 atom stereocenters. The third-order valence-electron chi connectivity index (χ3n) is 5.64. The van der Waals surface area contributed by atoms with Crippen LogP contribution < -0.4 is 15.8 Å². The summed E-state index contributed by atoms with van der Waals surface area (Å²) in [5.74, 6) is -0.176. The number of hydrogen-bond acceptors (Lipinski definition) is 7. The average molecular weight is 438 g/mol. The molecule has 1 saturated heterocycles. The predicted molar refractivity (Wildman–Crippen MR) is 122 cm³/mol. The summed E-state index contributed by atoms with van der Waals surface area (Å²) in [6.07, 6.45) is 3.68. The van der Waals surface area contributed by atoms with Crippen molar-refractivity contribution < 1.29 is 4.79 Å². The van der Waals surface area contributed by atoms with Crippen LogP contribution in [0.2, 0.25) is 0 Å². The Morgan fingerprint density at radius 3 is 2.77 bits per heavy atom. The van der Waals surface area contributed by atoms with Gasteiger partial charge in [-0.15, -0.1) is 11.3 Å². The standard InChI is InChI=1S/C21H23N7O2S/c1-22-20(29)16-4-3-13(10-23-16)28-7-5-27(6-8-28)11-14-9-17-19(31-14)15-12-26(2)25-18(15)21(30)24-17/h3-4,9-10,12H,5-8,11H2,1-2H3,(H,22,29)(H,24,30). The molecule has 0 unspecified atom stereocenters. The van der Waals surface area contributed by atoms with Crippen molar-refractivity contribution in [3.8, 4) is 0 Å². The number of piperazine rings is 1. The highest BCUT2D eigenvalue weighted by Crippen LogP contribution is 2.30. The second-order valence-electron chi connectivity index (χ2n) is 7.72. The molecule has 0 aliphatic carbocycles. The smallest absolute Gasteiger partial charge is 0.276 e. The molecule has 0 bridgehead atoms. The minimum absolute atomic E-state index is 0.142. The number of pyridine rings is 2. The molecule has 0 saturated carbocycles. The number of anilines is 1. The summed E-state index contributed by atoms with van der Waals surface area (Å²) in [6, 6.07) is 5.80. The number of rotatable bonds is 4. The number of aryl methyl sites for hydroxylation is 1. The van der Waals surface area contributed by atoms with Crippen LogP contribution in [-0.2, 0) is 13.6 Å². The normalized spacial score (nSPS) is 15.1. The highest BCUT2D eigenvalue weighted by Gasteiger charge is 2.20. The van der Waals surface area contributed by atoms with E-state index in [0.717, 1.165) is 54.0 Å². The number of amides is 1. The van der Waals surface area contributed by atoms with Gasteiger partial charge in [0, 0.05) is 63.3 Å². The van der Waals surface area contributed by atoms with Crippen LogP contribution in [0.25, 0.3) is 21.1 Å². The Labute approximate surface area is 182 Å². The van der Waals surface area contributed by atoms with Crippen LogP contribution in [0.4, 0.5) is 5.69 Å². The fraction of sp³-hybridized carbons (Fsp3) is 0.333. The number of hydrogen-bond donors (Lipinski definition) is 2. The van der Waals surface area contributed by atoms with E-state index in [0.29, 0.717) is 11.2 Å². The summed E-state index contributed by atoms with van der Waals surface area (Å²) in [5, 5.41) is 7.78. The first-order valence-electron chi connectivity index (χ1n) is 10.2. The maximum Gasteiger partial charge on any atom is 0.276 e. The molecule has 1 aliphatic heterocycles. The molecule has 1 amide bonds. The van der Waals surface area contributed by atoms with Gasteiger partial charge in [0.05, 0.1) is 22.1 Å². The van der Waals surface area contributed by atoms with E-state index < -0.39 is 0 Å². The molecule has 0 radical (unpaired) electrons. The van der Waals surface area contributed by atoms with Crippen LogP contribution in [0.1, 0.15) is 15.4 Å². The maximum absolute atomic E-state index is 12.3. The molecular weight excluding hydrogens is 414 g/mol. The molecule has 5 rings (SSSR count). The number of thiophene rings is 1. The van der Waals surface area contributed by atoms with Gasteiger partial charge in [-0.3, -0.25) is 19.2 Å². The zero-order chi connectivity index (χ0) is 21.5. The fourth-order valence-corrected chi connectivity index (χ4v) is 5.20. The molecule has 160 valence electrons. The highest BCUT2D eigenvalue weighted by molar-refractivity contribution is 7.20. The lowest BCUT2D eigenvalue weighted by molar-refractivity contribution is 0.0958. The van der Waals surface area contributed by atoms with Gasteiger partial charge in [0.15, 0.2) is 5.52 Å². The molecule has 31 heavy (non-hydrogen) atoms. The van der Waals surface area contributed by atoms with Gasteiger partial charge >= 0.3 is 0 Å². The van der Waals surface area contributed by atoms with Gasteiger partial charge in [-0.05, 0) is 18.2 Å². The fourth-order valence-electron chi connectivity index (χ4n) is 4.04. The molecule has 10 heteroatoms. The lowest BCUT2D eigenvalue weighted by Crippen LogP contribution is -2.45. The number of carbonyl (C=O) groups excluding carboxylic acids is 1. The third kappa shape index (κ3) is 3.68. The van der Waals surface area contributed by atoms with Crippen molar-refractivity contribution in [2.24, 2.45) is 7.05 Å². The van der Waals surface area contributed by atoms with Crippen molar-refractivity contribution in [3.63, 3.8) is 0 Å². The molecule has 4 aromatic heterocycles. The van der Waals surface area contributed by atoms with Crippen LogP contribution in [-0.4, -0.2) is 63.8 Å². The minimum atomic E-state index is -0.176. The van der Waals surface area contributed by atoms with Crippen LogP contribution in [0.3, 0.4) is 0 Å². The average Bonchev–Trinajstić information content (AvgIpc) is 3.37. The lowest BCUT2D eigenvalue weighted by atomic mass is 10.2. The monoisotopic (exact) mass is 437 g/mol. The highest BCUT2D eigenvalue weighted by atomic mass is 32.1. The molecule has 9 nitrogen and oxygen atoms in total. The zero-order valence-corrected chi connectivity index (χ0v) is 18.2. The van der Waals surface area contributed by atoms with E-state index in [2.05, 4.69) is 36.2 Å². The second-order valence-corrected chi connectivity index (χ2v) is 8.86. The number of fused-ring (bicyclic) bond motifs is 3. The van der Waals surface area contributed by atoms with E-state index in [4.69, 9.17) is 0 Å². The van der Waals surface area contributed by atoms with Gasteiger partial charge in [0.25, 0.3) is 11.5 Å². The van der Waals surface area contributed by atoms with Crippen LogP contribution >= 0.6 is 11.3 Å².